The Kier molecular flexibility index (Phi) is 4.51. The lowest BCUT2D eigenvalue weighted by atomic mass is 9.93. The van der Waals surface area contributed by atoms with Gasteiger partial charge in [-0.25, -0.2) is 0 Å². The highest BCUT2D eigenvalue weighted by Crippen LogP contribution is 2.42. The van der Waals surface area contributed by atoms with Gasteiger partial charge in [-0.05, 0) is 29.8 Å². The number of amides is 1. The van der Waals surface area contributed by atoms with Crippen molar-refractivity contribution in [2.75, 3.05) is 19.1 Å². The first-order chi connectivity index (χ1) is 11.7. The van der Waals surface area contributed by atoms with Gasteiger partial charge in [-0.15, -0.1) is 0 Å². The smallest absolute Gasteiger partial charge is 0.311 e. The normalized spacial score (nSPS) is 20.1. The summed E-state index contributed by atoms with van der Waals surface area (Å²) >= 11 is 0. The van der Waals surface area contributed by atoms with Gasteiger partial charge in [0.05, 0.1) is 26.2 Å². The van der Waals surface area contributed by atoms with Crippen molar-refractivity contribution in [1.82, 2.24) is 0 Å². The van der Waals surface area contributed by atoms with Gasteiger partial charge in [0.2, 0.25) is 5.91 Å². The van der Waals surface area contributed by atoms with Gasteiger partial charge in [0.1, 0.15) is 5.75 Å². The van der Waals surface area contributed by atoms with Crippen LogP contribution in [-0.2, 0) is 14.3 Å². The molecule has 1 amide bonds. The highest BCUT2D eigenvalue weighted by Gasteiger charge is 2.46. The lowest BCUT2D eigenvalue weighted by molar-refractivity contribution is -0.146. The zero-order valence-corrected chi connectivity index (χ0v) is 13.6. The number of rotatable bonds is 4. The fourth-order valence-corrected chi connectivity index (χ4v) is 3.20. The van der Waals surface area contributed by atoms with E-state index < -0.39 is 12.0 Å². The fourth-order valence-electron chi connectivity index (χ4n) is 3.20. The first kappa shape index (κ1) is 16.1. The topological polar surface area (TPSA) is 55.8 Å². The number of benzene rings is 2. The number of hydrogen-bond acceptors (Lipinski definition) is 4. The number of carbonyl (C=O) groups excluding carboxylic acids is 2. The molecule has 0 spiro atoms. The monoisotopic (exact) mass is 325 g/mol. The van der Waals surface area contributed by atoms with E-state index >= 15 is 0 Å². The van der Waals surface area contributed by atoms with Gasteiger partial charge in [0.15, 0.2) is 0 Å². The summed E-state index contributed by atoms with van der Waals surface area (Å²) in [7, 11) is 2.94. The molecule has 2 unspecified atom stereocenters. The zero-order chi connectivity index (χ0) is 17.1. The Balaban J connectivity index is 2.09. The minimum absolute atomic E-state index is 0.0931. The molecule has 2 atom stereocenters. The van der Waals surface area contributed by atoms with Crippen molar-refractivity contribution in [3.63, 3.8) is 0 Å². The minimum Gasteiger partial charge on any atom is -0.497 e. The van der Waals surface area contributed by atoms with Crippen molar-refractivity contribution in [2.45, 2.75) is 12.5 Å². The van der Waals surface area contributed by atoms with Crippen LogP contribution < -0.4 is 9.64 Å². The number of anilines is 1. The maximum atomic E-state index is 12.6. The number of carbonyl (C=O) groups is 2. The van der Waals surface area contributed by atoms with E-state index in [-0.39, 0.29) is 18.3 Å². The molecule has 24 heavy (non-hydrogen) atoms. The molecule has 3 rings (SSSR count). The standard InChI is InChI=1S/C19H19NO4/c1-23-15-10-6-7-13(11-15)18-16(19(22)24-2)12-17(21)20(18)14-8-4-3-5-9-14/h3-11,16,18H,12H2,1-2H3. The molecule has 0 N–H and O–H groups in total. The molecule has 1 aliphatic heterocycles. The van der Waals surface area contributed by atoms with Crippen LogP contribution in [0.15, 0.2) is 54.6 Å². The summed E-state index contributed by atoms with van der Waals surface area (Å²) in [6.07, 6.45) is 0.128. The van der Waals surface area contributed by atoms with Crippen molar-refractivity contribution < 1.29 is 19.1 Å². The molecule has 1 fully saturated rings. The first-order valence-electron chi connectivity index (χ1n) is 7.74. The number of nitrogens with zero attached hydrogens (tertiary/aromatic N) is 1. The summed E-state index contributed by atoms with van der Waals surface area (Å²) in [6, 6.07) is 16.4. The predicted octanol–water partition coefficient (Wildman–Crippen LogP) is 2.96. The van der Waals surface area contributed by atoms with E-state index in [1.807, 2.05) is 54.6 Å². The molecule has 1 aliphatic rings. The summed E-state index contributed by atoms with van der Waals surface area (Å²) in [5.41, 5.74) is 1.61. The third-order valence-electron chi connectivity index (χ3n) is 4.30. The molecule has 0 aliphatic carbocycles. The van der Waals surface area contributed by atoms with E-state index in [1.165, 1.54) is 7.11 Å². The second kappa shape index (κ2) is 6.74. The summed E-state index contributed by atoms with van der Waals surface area (Å²) < 4.78 is 10.2. The number of esters is 1. The van der Waals surface area contributed by atoms with Gasteiger partial charge in [-0.1, -0.05) is 30.3 Å². The molecule has 0 radical (unpaired) electrons. The summed E-state index contributed by atoms with van der Waals surface area (Å²) in [6.45, 7) is 0. The van der Waals surface area contributed by atoms with Gasteiger partial charge in [-0.3, -0.25) is 9.59 Å². The van der Waals surface area contributed by atoms with E-state index in [2.05, 4.69) is 0 Å². The molecule has 2 aromatic carbocycles. The van der Waals surface area contributed by atoms with Crippen LogP contribution in [0, 0.1) is 5.92 Å². The highest BCUT2D eigenvalue weighted by atomic mass is 16.5. The Morgan fingerprint density at radius 2 is 1.83 bits per heavy atom. The maximum Gasteiger partial charge on any atom is 0.311 e. The zero-order valence-electron chi connectivity index (χ0n) is 13.6. The molecule has 0 bridgehead atoms. The quantitative estimate of drug-likeness (QED) is 0.811. The number of hydrogen-bond donors (Lipinski definition) is 0. The van der Waals surface area contributed by atoms with Crippen LogP contribution in [0.1, 0.15) is 18.0 Å². The Hall–Kier alpha value is -2.82. The average Bonchev–Trinajstić information content (AvgIpc) is 2.99. The molecule has 0 aromatic heterocycles. The van der Waals surface area contributed by atoms with Gasteiger partial charge in [-0.2, -0.15) is 0 Å². The maximum absolute atomic E-state index is 12.6. The Morgan fingerprint density at radius 3 is 2.50 bits per heavy atom. The average molecular weight is 325 g/mol. The van der Waals surface area contributed by atoms with Crippen LogP contribution in [0.2, 0.25) is 0 Å². The Labute approximate surface area is 140 Å². The van der Waals surface area contributed by atoms with Gasteiger partial charge >= 0.3 is 5.97 Å². The lowest BCUT2D eigenvalue weighted by Gasteiger charge is -2.28. The SMILES string of the molecule is COC(=O)C1CC(=O)N(c2ccccc2)C1c1cccc(OC)c1. The van der Waals surface area contributed by atoms with Crippen LogP contribution in [-0.4, -0.2) is 26.1 Å². The van der Waals surface area contributed by atoms with Crippen molar-refractivity contribution >= 4 is 17.6 Å². The minimum atomic E-state index is -0.546. The second-order valence-electron chi connectivity index (χ2n) is 5.65. The molecule has 5 nitrogen and oxygen atoms in total. The third-order valence-corrected chi connectivity index (χ3v) is 4.30. The molecule has 0 saturated carbocycles. The van der Waals surface area contributed by atoms with Crippen molar-refractivity contribution in [3.05, 3.63) is 60.2 Å². The van der Waals surface area contributed by atoms with Gasteiger partial charge in [0.25, 0.3) is 0 Å². The second-order valence-corrected chi connectivity index (χ2v) is 5.65. The van der Waals surface area contributed by atoms with Crippen molar-refractivity contribution in [3.8, 4) is 5.75 Å². The third kappa shape index (κ3) is 2.85. The van der Waals surface area contributed by atoms with Crippen LogP contribution in [0.5, 0.6) is 5.75 Å². The van der Waals surface area contributed by atoms with Crippen LogP contribution in [0.3, 0.4) is 0 Å². The summed E-state index contributed by atoms with van der Waals surface area (Å²) in [4.78, 5) is 26.5. The van der Waals surface area contributed by atoms with Crippen LogP contribution in [0.4, 0.5) is 5.69 Å². The Bertz CT molecular complexity index is 744. The highest BCUT2D eigenvalue weighted by molar-refractivity contribution is 6.00. The van der Waals surface area contributed by atoms with Gasteiger partial charge < -0.3 is 14.4 Å². The summed E-state index contributed by atoms with van der Waals surface area (Å²) in [5, 5.41) is 0. The number of ether oxygens (including phenoxy) is 2. The van der Waals surface area contributed by atoms with Crippen LogP contribution in [0.25, 0.3) is 0 Å². The predicted molar refractivity (Wildman–Crippen MR) is 89.8 cm³/mol. The molecule has 1 saturated heterocycles. The molecular formula is C19H19NO4. The molecule has 2 aromatic rings. The molecule has 5 heteroatoms. The van der Waals surface area contributed by atoms with Crippen LogP contribution >= 0.6 is 0 Å². The van der Waals surface area contributed by atoms with E-state index in [0.717, 1.165) is 11.3 Å². The summed E-state index contributed by atoms with van der Waals surface area (Å²) in [5.74, 6) is -0.336. The largest absolute Gasteiger partial charge is 0.497 e. The van der Waals surface area contributed by atoms with E-state index in [1.54, 1.807) is 12.0 Å². The van der Waals surface area contributed by atoms with Crippen molar-refractivity contribution in [2.24, 2.45) is 5.92 Å². The molecule has 124 valence electrons. The van der Waals surface area contributed by atoms with E-state index in [4.69, 9.17) is 9.47 Å². The fraction of sp³-hybridized carbons (Fsp3) is 0.263. The van der Waals surface area contributed by atoms with Gasteiger partial charge in [0, 0.05) is 12.1 Å². The van der Waals surface area contributed by atoms with Crippen molar-refractivity contribution in [1.29, 1.82) is 0 Å². The Morgan fingerprint density at radius 1 is 1.08 bits per heavy atom. The van der Waals surface area contributed by atoms with E-state index in [9.17, 15) is 9.59 Å². The lowest BCUT2D eigenvalue weighted by Crippen LogP contribution is -2.30. The number of methoxy groups -OCH3 is 2. The number of para-hydroxylation sites is 1. The molecular weight excluding hydrogens is 306 g/mol. The molecule has 1 heterocycles. The van der Waals surface area contributed by atoms with E-state index in [0.29, 0.717) is 5.75 Å². The first-order valence-corrected chi connectivity index (χ1v) is 7.74.